The molecule has 1 fully saturated rings. The van der Waals surface area contributed by atoms with E-state index in [2.05, 4.69) is 10.1 Å². The third-order valence-corrected chi connectivity index (χ3v) is 8.57. The molecule has 2 aromatic heterocycles. The van der Waals surface area contributed by atoms with Crippen LogP contribution in [0.2, 0.25) is 0 Å². The van der Waals surface area contributed by atoms with Crippen LogP contribution < -0.4 is 4.74 Å². The van der Waals surface area contributed by atoms with E-state index in [9.17, 15) is 13.2 Å². The molecular weight excluding hydrogens is 466 g/mol. The topological polar surface area (TPSA) is 112 Å². The molecule has 4 rings (SSSR count). The lowest BCUT2D eigenvalue weighted by molar-refractivity contribution is -0.151. The molecule has 3 aromatic rings. The maximum atomic E-state index is 13.1. The minimum atomic E-state index is -3.80. The van der Waals surface area contributed by atoms with Gasteiger partial charge in [-0.3, -0.25) is 4.79 Å². The molecule has 0 spiro atoms. The molecule has 0 amide bonds. The first kappa shape index (κ1) is 23.4. The van der Waals surface area contributed by atoms with Crippen LogP contribution in [0.5, 0.6) is 5.75 Å². The number of hydrogen-bond acceptors (Lipinski definition) is 9. The Bertz CT molecular complexity index is 1230. The van der Waals surface area contributed by atoms with E-state index in [1.54, 1.807) is 21.0 Å². The van der Waals surface area contributed by atoms with Gasteiger partial charge in [-0.2, -0.15) is 4.31 Å². The summed E-state index contributed by atoms with van der Waals surface area (Å²) in [6, 6.07) is 7.58. The predicted octanol–water partition coefficient (Wildman–Crippen LogP) is 3.57. The molecule has 0 radical (unpaired) electrons. The van der Waals surface area contributed by atoms with Crippen LogP contribution in [0.3, 0.4) is 0 Å². The van der Waals surface area contributed by atoms with Gasteiger partial charge in [0.25, 0.3) is 0 Å². The highest BCUT2D eigenvalue weighted by atomic mass is 32.2. The molecule has 1 aliphatic heterocycles. The first-order chi connectivity index (χ1) is 15.8. The number of rotatable bonds is 7. The van der Waals surface area contributed by atoms with Crippen molar-refractivity contribution < 1.29 is 27.2 Å². The number of methoxy groups -OCH3 is 1. The van der Waals surface area contributed by atoms with Gasteiger partial charge in [-0.25, -0.2) is 13.4 Å². The maximum absolute atomic E-state index is 13.1. The van der Waals surface area contributed by atoms with Crippen molar-refractivity contribution in [3.8, 4) is 16.3 Å². The zero-order chi connectivity index (χ0) is 23.6. The standard InChI is InChI=1S/C22H25N3O6S2/c1-14-20(15(2)31-24-14)33(27,28)25-10-6-7-16(11-25)22(26)30-12-17-13-32-21(23-17)18-8-4-5-9-19(18)29-3/h4-5,8-9,13,16H,6-7,10-12H2,1-3H3. The minimum absolute atomic E-state index is 0.0254. The number of para-hydroxylation sites is 1. The fraction of sp³-hybridized carbons (Fsp3) is 0.409. The molecule has 0 N–H and O–H groups in total. The summed E-state index contributed by atoms with van der Waals surface area (Å²) in [5.41, 5.74) is 1.81. The van der Waals surface area contributed by atoms with Gasteiger partial charge in [0.1, 0.15) is 28.0 Å². The molecule has 0 aliphatic carbocycles. The van der Waals surface area contributed by atoms with Crippen LogP contribution in [0, 0.1) is 19.8 Å². The number of carbonyl (C=O) groups is 1. The summed E-state index contributed by atoms with van der Waals surface area (Å²) in [6.07, 6.45) is 1.13. The van der Waals surface area contributed by atoms with E-state index in [0.29, 0.717) is 30.8 Å². The van der Waals surface area contributed by atoms with Gasteiger partial charge in [0.05, 0.1) is 24.3 Å². The van der Waals surface area contributed by atoms with Gasteiger partial charge in [0.2, 0.25) is 10.0 Å². The number of aryl methyl sites for hydroxylation is 2. The smallest absolute Gasteiger partial charge is 0.310 e. The van der Waals surface area contributed by atoms with Crippen molar-refractivity contribution in [2.75, 3.05) is 20.2 Å². The van der Waals surface area contributed by atoms with E-state index in [1.165, 1.54) is 15.6 Å². The minimum Gasteiger partial charge on any atom is -0.496 e. The molecule has 1 atom stereocenters. The van der Waals surface area contributed by atoms with Crippen molar-refractivity contribution in [1.29, 1.82) is 0 Å². The number of benzene rings is 1. The van der Waals surface area contributed by atoms with Gasteiger partial charge in [-0.05, 0) is 38.8 Å². The van der Waals surface area contributed by atoms with E-state index >= 15 is 0 Å². The average molecular weight is 492 g/mol. The first-order valence-corrected chi connectivity index (χ1v) is 12.8. The average Bonchev–Trinajstić information content (AvgIpc) is 3.43. The number of ether oxygens (including phenoxy) is 2. The maximum Gasteiger partial charge on any atom is 0.310 e. The van der Waals surface area contributed by atoms with Crippen LogP contribution in [0.15, 0.2) is 39.1 Å². The van der Waals surface area contributed by atoms with E-state index < -0.39 is 21.9 Å². The third-order valence-electron chi connectivity index (χ3n) is 5.53. The number of nitrogens with zero attached hydrogens (tertiary/aromatic N) is 3. The zero-order valence-electron chi connectivity index (χ0n) is 18.6. The predicted molar refractivity (Wildman–Crippen MR) is 121 cm³/mol. The Labute approximate surface area is 196 Å². The van der Waals surface area contributed by atoms with Crippen molar-refractivity contribution in [2.45, 2.75) is 38.2 Å². The highest BCUT2D eigenvalue weighted by molar-refractivity contribution is 7.89. The Morgan fingerprint density at radius 1 is 1.30 bits per heavy atom. The van der Waals surface area contributed by atoms with Crippen LogP contribution in [0.25, 0.3) is 10.6 Å². The number of aromatic nitrogens is 2. The second kappa shape index (κ2) is 9.62. The Hall–Kier alpha value is -2.76. The molecule has 0 bridgehead atoms. The lowest BCUT2D eigenvalue weighted by Crippen LogP contribution is -2.43. The third kappa shape index (κ3) is 4.80. The highest BCUT2D eigenvalue weighted by Gasteiger charge is 2.37. The normalized spacial score (nSPS) is 17.1. The SMILES string of the molecule is COc1ccccc1-c1nc(COC(=O)C2CCCN(S(=O)(=O)c3c(C)noc3C)C2)cs1. The molecule has 11 heteroatoms. The monoisotopic (exact) mass is 491 g/mol. The molecule has 33 heavy (non-hydrogen) atoms. The fourth-order valence-corrected chi connectivity index (χ4v) is 6.56. The van der Waals surface area contributed by atoms with E-state index in [0.717, 1.165) is 16.3 Å². The Morgan fingerprint density at radius 3 is 2.82 bits per heavy atom. The fourth-order valence-electron chi connectivity index (χ4n) is 3.91. The van der Waals surface area contributed by atoms with Crippen LogP contribution in [0.1, 0.15) is 30.0 Å². The van der Waals surface area contributed by atoms with Gasteiger partial charge in [-0.1, -0.05) is 17.3 Å². The number of piperidine rings is 1. The molecule has 1 aromatic carbocycles. The largest absolute Gasteiger partial charge is 0.496 e. The summed E-state index contributed by atoms with van der Waals surface area (Å²) >= 11 is 1.44. The molecule has 176 valence electrons. The summed E-state index contributed by atoms with van der Waals surface area (Å²) in [5, 5.41) is 6.35. The van der Waals surface area contributed by atoms with Crippen LogP contribution in [-0.4, -0.2) is 49.0 Å². The molecule has 3 heterocycles. The number of esters is 1. The molecule has 1 aliphatic rings. The van der Waals surface area contributed by atoms with Gasteiger partial charge in [0, 0.05) is 18.5 Å². The summed E-state index contributed by atoms with van der Waals surface area (Å²) in [5.74, 6) is -0.00870. The second-order valence-corrected chi connectivity index (χ2v) is 10.5. The second-order valence-electron chi connectivity index (χ2n) is 7.81. The van der Waals surface area contributed by atoms with E-state index in [1.807, 2.05) is 29.6 Å². The van der Waals surface area contributed by atoms with Gasteiger partial charge < -0.3 is 14.0 Å². The van der Waals surface area contributed by atoms with Gasteiger partial charge in [0.15, 0.2) is 5.76 Å². The van der Waals surface area contributed by atoms with Gasteiger partial charge in [-0.15, -0.1) is 11.3 Å². The van der Waals surface area contributed by atoms with Crippen LogP contribution in [0.4, 0.5) is 0 Å². The Morgan fingerprint density at radius 2 is 2.09 bits per heavy atom. The van der Waals surface area contributed by atoms with Crippen molar-refractivity contribution in [3.05, 3.63) is 46.8 Å². The molecule has 0 saturated carbocycles. The number of thiazole rings is 1. The van der Waals surface area contributed by atoms with Crippen molar-refractivity contribution in [3.63, 3.8) is 0 Å². The highest BCUT2D eigenvalue weighted by Crippen LogP contribution is 2.32. The zero-order valence-corrected chi connectivity index (χ0v) is 20.2. The van der Waals surface area contributed by atoms with E-state index in [4.69, 9.17) is 14.0 Å². The van der Waals surface area contributed by atoms with Crippen molar-refractivity contribution in [2.24, 2.45) is 5.92 Å². The van der Waals surface area contributed by atoms with E-state index in [-0.39, 0.29) is 23.8 Å². The lowest BCUT2D eigenvalue weighted by atomic mass is 10.00. The number of sulfonamides is 1. The summed E-state index contributed by atoms with van der Waals surface area (Å²) in [4.78, 5) is 17.3. The first-order valence-electron chi connectivity index (χ1n) is 10.5. The van der Waals surface area contributed by atoms with Crippen LogP contribution >= 0.6 is 11.3 Å². The van der Waals surface area contributed by atoms with Crippen LogP contribution in [-0.2, 0) is 26.2 Å². The molecule has 1 unspecified atom stereocenters. The molecular formula is C22H25N3O6S2. The molecule has 9 nitrogen and oxygen atoms in total. The number of carbonyl (C=O) groups excluding carboxylic acids is 1. The summed E-state index contributed by atoms with van der Waals surface area (Å²) in [6.45, 7) is 3.58. The summed E-state index contributed by atoms with van der Waals surface area (Å²) < 4.78 is 43.4. The van der Waals surface area contributed by atoms with Crippen molar-refractivity contribution >= 4 is 27.3 Å². The Balaban J connectivity index is 1.40. The quantitative estimate of drug-likeness (QED) is 0.461. The molecule has 1 saturated heterocycles. The Kier molecular flexibility index (Phi) is 6.82. The number of hydrogen-bond donors (Lipinski definition) is 0. The van der Waals surface area contributed by atoms with Gasteiger partial charge >= 0.3 is 5.97 Å². The lowest BCUT2D eigenvalue weighted by Gasteiger charge is -2.30. The van der Waals surface area contributed by atoms with Crippen molar-refractivity contribution in [1.82, 2.24) is 14.4 Å². The summed E-state index contributed by atoms with van der Waals surface area (Å²) in [7, 11) is -2.20.